The van der Waals surface area contributed by atoms with E-state index in [9.17, 15) is 0 Å². The van der Waals surface area contributed by atoms with Crippen LogP contribution in [0.2, 0.25) is 0 Å². The van der Waals surface area contributed by atoms with Gasteiger partial charge in [-0.25, -0.2) is 0 Å². The second-order valence-corrected chi connectivity index (χ2v) is 5.79. The molecule has 0 aliphatic heterocycles. The Morgan fingerprint density at radius 2 is 1.95 bits per heavy atom. The molecule has 0 bridgehead atoms. The van der Waals surface area contributed by atoms with Crippen molar-refractivity contribution >= 4 is 6.21 Å². The summed E-state index contributed by atoms with van der Waals surface area (Å²) in [6, 6.07) is 6.80. The van der Waals surface area contributed by atoms with Gasteiger partial charge in [-0.15, -0.1) is 0 Å². The fraction of sp³-hybridized carbons (Fsp3) is 0.471. The summed E-state index contributed by atoms with van der Waals surface area (Å²) in [5.41, 5.74) is 4.66. The van der Waals surface area contributed by atoms with E-state index in [4.69, 9.17) is 4.99 Å². The lowest BCUT2D eigenvalue weighted by Gasteiger charge is -2.06. The second-order valence-electron chi connectivity index (χ2n) is 5.79. The van der Waals surface area contributed by atoms with Gasteiger partial charge in [-0.2, -0.15) is 0 Å². The molecular formula is C17H23N3. The van der Waals surface area contributed by atoms with E-state index in [0.717, 1.165) is 17.1 Å². The van der Waals surface area contributed by atoms with Gasteiger partial charge in [0.15, 0.2) is 0 Å². The minimum absolute atomic E-state index is 0.522. The predicted octanol–water partition coefficient (Wildman–Crippen LogP) is 4.46. The zero-order valence-corrected chi connectivity index (χ0v) is 12.2. The third-order valence-corrected chi connectivity index (χ3v) is 4.18. The minimum Gasteiger partial charge on any atom is -0.360 e. The number of H-pyrrole nitrogens is 2. The van der Waals surface area contributed by atoms with Gasteiger partial charge in [0.25, 0.3) is 0 Å². The number of aromatic nitrogens is 2. The SMILES string of the molecule is Cc1cc(-c2ccc[nH]2)[nH]c1C=NC1CCCCCC1. The van der Waals surface area contributed by atoms with E-state index < -0.39 is 0 Å². The second kappa shape index (κ2) is 6.12. The highest BCUT2D eigenvalue weighted by molar-refractivity contribution is 5.81. The summed E-state index contributed by atoms with van der Waals surface area (Å²) >= 11 is 0. The average Bonchev–Trinajstić information content (AvgIpc) is 3.01. The number of hydrogen-bond donors (Lipinski definition) is 2. The van der Waals surface area contributed by atoms with Gasteiger partial charge in [-0.3, -0.25) is 4.99 Å². The number of aliphatic imine (C=N–C) groups is 1. The molecule has 3 rings (SSSR count). The lowest BCUT2D eigenvalue weighted by atomic mass is 10.1. The Labute approximate surface area is 120 Å². The first kappa shape index (κ1) is 13.2. The maximum absolute atomic E-state index is 4.80. The smallest absolute Gasteiger partial charge is 0.0627 e. The molecule has 3 nitrogen and oxygen atoms in total. The van der Waals surface area contributed by atoms with Crippen molar-refractivity contribution in [3.05, 3.63) is 35.7 Å². The van der Waals surface area contributed by atoms with Gasteiger partial charge >= 0.3 is 0 Å². The van der Waals surface area contributed by atoms with Crippen molar-refractivity contribution in [1.29, 1.82) is 0 Å². The summed E-state index contributed by atoms with van der Waals surface area (Å²) in [6.07, 6.45) is 11.9. The molecule has 1 fully saturated rings. The molecular weight excluding hydrogens is 246 g/mol. The van der Waals surface area contributed by atoms with Gasteiger partial charge in [0, 0.05) is 12.4 Å². The van der Waals surface area contributed by atoms with Crippen LogP contribution in [0.4, 0.5) is 0 Å². The molecule has 0 radical (unpaired) electrons. The quantitative estimate of drug-likeness (QED) is 0.610. The lowest BCUT2D eigenvalue weighted by Crippen LogP contribution is -2.03. The Hall–Kier alpha value is -1.77. The topological polar surface area (TPSA) is 43.9 Å². The van der Waals surface area contributed by atoms with E-state index in [1.54, 1.807) is 0 Å². The van der Waals surface area contributed by atoms with Crippen molar-refractivity contribution in [2.45, 2.75) is 51.5 Å². The molecule has 20 heavy (non-hydrogen) atoms. The number of hydrogen-bond acceptors (Lipinski definition) is 1. The van der Waals surface area contributed by atoms with Gasteiger partial charge in [-0.05, 0) is 43.5 Å². The van der Waals surface area contributed by atoms with Crippen molar-refractivity contribution in [2.24, 2.45) is 4.99 Å². The van der Waals surface area contributed by atoms with Crippen molar-refractivity contribution in [3.8, 4) is 11.4 Å². The molecule has 2 aromatic heterocycles. The summed E-state index contributed by atoms with van der Waals surface area (Å²) < 4.78 is 0. The molecule has 0 unspecified atom stereocenters. The molecule has 3 heteroatoms. The molecule has 1 saturated carbocycles. The average molecular weight is 269 g/mol. The Bertz CT molecular complexity index is 555. The molecule has 0 atom stereocenters. The molecule has 1 aliphatic rings. The Kier molecular flexibility index (Phi) is 4.05. The third kappa shape index (κ3) is 3.03. The molecule has 1 aliphatic carbocycles. The molecule has 2 N–H and O–H groups in total. The largest absolute Gasteiger partial charge is 0.360 e. The first-order chi connectivity index (χ1) is 9.83. The number of aromatic amines is 2. The zero-order valence-electron chi connectivity index (χ0n) is 12.2. The van der Waals surface area contributed by atoms with E-state index >= 15 is 0 Å². The van der Waals surface area contributed by atoms with Crippen LogP contribution in [-0.4, -0.2) is 22.2 Å². The summed E-state index contributed by atoms with van der Waals surface area (Å²) in [4.78, 5) is 11.5. The summed E-state index contributed by atoms with van der Waals surface area (Å²) in [6.45, 7) is 2.14. The number of nitrogens with zero attached hydrogens (tertiary/aromatic N) is 1. The van der Waals surface area contributed by atoms with Crippen LogP contribution in [0.5, 0.6) is 0 Å². The standard InChI is InChI=1S/C17H23N3/c1-13-11-16(15-9-6-10-18-15)20-17(13)12-19-14-7-4-2-3-5-8-14/h6,9-12,14,18,20H,2-5,7-8H2,1H3. The van der Waals surface area contributed by atoms with E-state index in [0.29, 0.717) is 6.04 Å². The maximum Gasteiger partial charge on any atom is 0.0627 e. The van der Waals surface area contributed by atoms with E-state index in [1.807, 2.05) is 18.5 Å². The van der Waals surface area contributed by atoms with Crippen molar-refractivity contribution in [3.63, 3.8) is 0 Å². The molecule has 0 aromatic carbocycles. The summed E-state index contributed by atoms with van der Waals surface area (Å²) in [5.74, 6) is 0. The maximum atomic E-state index is 4.80. The van der Waals surface area contributed by atoms with Gasteiger partial charge in [-0.1, -0.05) is 25.7 Å². The van der Waals surface area contributed by atoms with Crippen LogP contribution >= 0.6 is 0 Å². The highest BCUT2D eigenvalue weighted by Crippen LogP contribution is 2.21. The Morgan fingerprint density at radius 3 is 2.65 bits per heavy atom. The lowest BCUT2D eigenvalue weighted by molar-refractivity contribution is 0.588. The molecule has 0 saturated heterocycles. The van der Waals surface area contributed by atoms with Crippen LogP contribution in [0, 0.1) is 6.92 Å². The van der Waals surface area contributed by atoms with Gasteiger partial charge in [0.1, 0.15) is 0 Å². The predicted molar refractivity (Wildman–Crippen MR) is 84.4 cm³/mol. The van der Waals surface area contributed by atoms with Crippen molar-refractivity contribution in [1.82, 2.24) is 9.97 Å². The van der Waals surface area contributed by atoms with Crippen LogP contribution < -0.4 is 0 Å². The third-order valence-electron chi connectivity index (χ3n) is 4.18. The minimum atomic E-state index is 0.522. The zero-order chi connectivity index (χ0) is 13.8. The first-order valence-corrected chi connectivity index (χ1v) is 7.69. The number of nitrogens with one attached hydrogen (secondary N) is 2. The van der Waals surface area contributed by atoms with Crippen LogP contribution in [0.3, 0.4) is 0 Å². The fourth-order valence-electron chi connectivity index (χ4n) is 2.94. The fourth-order valence-corrected chi connectivity index (χ4v) is 2.94. The first-order valence-electron chi connectivity index (χ1n) is 7.69. The highest BCUT2D eigenvalue weighted by Gasteiger charge is 2.10. The van der Waals surface area contributed by atoms with Gasteiger partial charge < -0.3 is 9.97 Å². The Morgan fingerprint density at radius 1 is 1.15 bits per heavy atom. The molecule has 0 amide bonds. The van der Waals surface area contributed by atoms with Gasteiger partial charge in [0.2, 0.25) is 0 Å². The van der Waals surface area contributed by atoms with E-state index in [2.05, 4.69) is 29.0 Å². The van der Waals surface area contributed by atoms with Crippen molar-refractivity contribution < 1.29 is 0 Å². The van der Waals surface area contributed by atoms with Gasteiger partial charge in [0.05, 0.1) is 23.1 Å². The van der Waals surface area contributed by atoms with Crippen LogP contribution in [0.15, 0.2) is 29.4 Å². The van der Waals surface area contributed by atoms with Crippen LogP contribution in [0.1, 0.15) is 49.8 Å². The van der Waals surface area contributed by atoms with E-state index in [-0.39, 0.29) is 0 Å². The molecule has 0 spiro atoms. The summed E-state index contributed by atoms with van der Waals surface area (Å²) in [7, 11) is 0. The molecule has 2 heterocycles. The Balaban J connectivity index is 1.73. The number of rotatable bonds is 3. The van der Waals surface area contributed by atoms with E-state index in [1.165, 1.54) is 44.1 Å². The molecule has 106 valence electrons. The number of aryl methyl sites for hydroxylation is 1. The van der Waals surface area contributed by atoms with Crippen LogP contribution in [-0.2, 0) is 0 Å². The highest BCUT2D eigenvalue weighted by atomic mass is 14.8. The normalized spacial score (nSPS) is 17.6. The van der Waals surface area contributed by atoms with Crippen LogP contribution in [0.25, 0.3) is 11.4 Å². The molecule has 2 aromatic rings. The summed E-state index contributed by atoms with van der Waals surface area (Å²) in [5, 5.41) is 0. The van der Waals surface area contributed by atoms with Crippen molar-refractivity contribution in [2.75, 3.05) is 0 Å². The monoisotopic (exact) mass is 269 g/mol.